The lowest BCUT2D eigenvalue weighted by Crippen LogP contribution is -2.31. The SMILES string of the molecule is CCCCCCCOC1(CCCCCC)C=CC(c2ccc(-c3ccc(-c4ccccc4)cc3)c(F)c2F)=CC1. The van der Waals surface area contributed by atoms with Crippen LogP contribution in [0.1, 0.15) is 90.0 Å². The van der Waals surface area contributed by atoms with Crippen molar-refractivity contribution in [3.63, 3.8) is 0 Å². The summed E-state index contributed by atoms with van der Waals surface area (Å²) in [6, 6.07) is 21.0. The van der Waals surface area contributed by atoms with Gasteiger partial charge < -0.3 is 4.74 Å². The van der Waals surface area contributed by atoms with Crippen LogP contribution in [0.2, 0.25) is 0 Å². The molecule has 0 heterocycles. The van der Waals surface area contributed by atoms with Gasteiger partial charge in [-0.2, -0.15) is 0 Å². The molecular formula is C37H44F2O. The van der Waals surface area contributed by atoms with E-state index in [4.69, 9.17) is 4.74 Å². The van der Waals surface area contributed by atoms with Gasteiger partial charge >= 0.3 is 0 Å². The van der Waals surface area contributed by atoms with Crippen molar-refractivity contribution < 1.29 is 13.5 Å². The first-order valence-electron chi connectivity index (χ1n) is 15.2. The van der Waals surface area contributed by atoms with E-state index in [0.29, 0.717) is 17.5 Å². The number of halogens is 2. The molecule has 0 N–H and O–H groups in total. The minimum atomic E-state index is -0.806. The Hall–Kier alpha value is -3.04. The van der Waals surface area contributed by atoms with Crippen LogP contribution in [0.4, 0.5) is 8.78 Å². The van der Waals surface area contributed by atoms with E-state index < -0.39 is 11.6 Å². The molecule has 0 bridgehead atoms. The van der Waals surface area contributed by atoms with Gasteiger partial charge in [0, 0.05) is 17.7 Å². The number of allylic oxidation sites excluding steroid dienone is 2. The molecule has 0 spiro atoms. The molecule has 1 nitrogen and oxygen atoms in total. The Bertz CT molecular complexity index is 1260. The first-order valence-corrected chi connectivity index (χ1v) is 15.2. The summed E-state index contributed by atoms with van der Waals surface area (Å²) in [5.41, 5.74) is 3.75. The van der Waals surface area contributed by atoms with Crippen molar-refractivity contribution in [3.05, 3.63) is 102 Å². The highest BCUT2D eigenvalue weighted by Crippen LogP contribution is 2.37. The molecule has 3 aromatic carbocycles. The largest absolute Gasteiger partial charge is 0.371 e. The molecule has 0 amide bonds. The predicted molar refractivity (Wildman–Crippen MR) is 165 cm³/mol. The summed E-state index contributed by atoms with van der Waals surface area (Å²) in [5.74, 6) is -1.60. The van der Waals surface area contributed by atoms with Gasteiger partial charge in [-0.05, 0) is 41.5 Å². The highest BCUT2D eigenvalue weighted by molar-refractivity contribution is 5.78. The third kappa shape index (κ3) is 7.79. The number of hydrogen-bond acceptors (Lipinski definition) is 1. The Morgan fingerprint density at radius 1 is 0.650 bits per heavy atom. The minimum absolute atomic E-state index is 0.276. The van der Waals surface area contributed by atoms with Gasteiger partial charge in [0.25, 0.3) is 0 Å². The van der Waals surface area contributed by atoms with Crippen LogP contribution in [-0.2, 0) is 4.74 Å². The zero-order chi connectivity index (χ0) is 28.2. The van der Waals surface area contributed by atoms with Gasteiger partial charge in [-0.25, -0.2) is 8.78 Å². The predicted octanol–water partition coefficient (Wildman–Crippen LogP) is 11.3. The quantitative estimate of drug-likeness (QED) is 0.174. The monoisotopic (exact) mass is 542 g/mol. The van der Waals surface area contributed by atoms with Gasteiger partial charge in [0.05, 0.1) is 5.60 Å². The fourth-order valence-corrected chi connectivity index (χ4v) is 5.53. The molecule has 0 radical (unpaired) electrons. The van der Waals surface area contributed by atoms with Crippen molar-refractivity contribution in [2.24, 2.45) is 0 Å². The van der Waals surface area contributed by atoms with Crippen molar-refractivity contribution in [1.29, 1.82) is 0 Å². The van der Waals surface area contributed by atoms with E-state index in [9.17, 15) is 0 Å². The summed E-state index contributed by atoms with van der Waals surface area (Å²) in [7, 11) is 0. The number of rotatable bonds is 15. The van der Waals surface area contributed by atoms with Crippen molar-refractivity contribution in [2.45, 2.75) is 90.1 Å². The number of ether oxygens (including phenoxy) is 1. The van der Waals surface area contributed by atoms with E-state index >= 15 is 8.78 Å². The van der Waals surface area contributed by atoms with Crippen LogP contribution in [0.5, 0.6) is 0 Å². The number of unbranched alkanes of at least 4 members (excludes halogenated alkanes) is 7. The summed E-state index contributed by atoms with van der Waals surface area (Å²) in [5, 5.41) is 0. The lowest BCUT2D eigenvalue weighted by Gasteiger charge is -2.33. The fraction of sp³-hybridized carbons (Fsp3) is 0.405. The van der Waals surface area contributed by atoms with Crippen molar-refractivity contribution in [3.8, 4) is 22.3 Å². The van der Waals surface area contributed by atoms with Gasteiger partial charge in [-0.15, -0.1) is 0 Å². The molecule has 3 aromatic rings. The van der Waals surface area contributed by atoms with Crippen molar-refractivity contribution >= 4 is 5.57 Å². The van der Waals surface area contributed by atoms with Crippen LogP contribution < -0.4 is 0 Å². The van der Waals surface area contributed by atoms with Gasteiger partial charge in [0.15, 0.2) is 11.6 Å². The van der Waals surface area contributed by atoms with E-state index in [2.05, 4.69) is 19.9 Å². The van der Waals surface area contributed by atoms with Crippen molar-refractivity contribution in [1.82, 2.24) is 0 Å². The second-order valence-electron chi connectivity index (χ2n) is 11.1. The maximum atomic E-state index is 15.4. The van der Waals surface area contributed by atoms with Crippen LogP contribution in [0, 0.1) is 11.6 Å². The molecule has 3 heteroatoms. The standard InChI is InChI=1S/C37H44F2O/c1-3-5-7-9-14-28-40-37(25-13-8-6-4-2)26-23-32(24-27-37)34-22-21-33(35(38)36(34)39)31-19-17-30(18-20-31)29-15-11-10-12-16-29/h10-12,15-24,26H,3-9,13-14,25,27-28H2,1-2H3. The van der Waals surface area contributed by atoms with Crippen LogP contribution in [-0.4, -0.2) is 12.2 Å². The van der Waals surface area contributed by atoms with Crippen LogP contribution in [0.15, 0.2) is 85.0 Å². The second-order valence-corrected chi connectivity index (χ2v) is 11.1. The molecular weight excluding hydrogens is 498 g/mol. The molecule has 0 aliphatic heterocycles. The maximum Gasteiger partial charge on any atom is 0.167 e. The molecule has 212 valence electrons. The summed E-state index contributed by atoms with van der Waals surface area (Å²) < 4.78 is 37.3. The van der Waals surface area contributed by atoms with E-state index in [1.54, 1.807) is 12.1 Å². The molecule has 1 atom stereocenters. The highest BCUT2D eigenvalue weighted by atomic mass is 19.2. The molecule has 0 saturated heterocycles. The Morgan fingerprint density at radius 3 is 1.93 bits per heavy atom. The number of benzene rings is 3. The zero-order valence-electron chi connectivity index (χ0n) is 24.2. The summed E-state index contributed by atoms with van der Waals surface area (Å²) >= 11 is 0. The third-order valence-electron chi connectivity index (χ3n) is 8.02. The lowest BCUT2D eigenvalue weighted by atomic mass is 9.85. The molecule has 0 aromatic heterocycles. The topological polar surface area (TPSA) is 9.23 Å². The summed E-state index contributed by atoms with van der Waals surface area (Å²) in [4.78, 5) is 0. The van der Waals surface area contributed by atoms with Crippen LogP contribution in [0.3, 0.4) is 0 Å². The average molecular weight is 543 g/mol. The maximum absolute atomic E-state index is 15.4. The lowest BCUT2D eigenvalue weighted by molar-refractivity contribution is -0.0165. The third-order valence-corrected chi connectivity index (χ3v) is 8.02. The molecule has 1 unspecified atom stereocenters. The Labute approximate surface area is 240 Å². The highest BCUT2D eigenvalue weighted by Gasteiger charge is 2.30. The molecule has 4 rings (SSSR count). The van der Waals surface area contributed by atoms with Gasteiger partial charge in [0.1, 0.15) is 0 Å². The second kappa shape index (κ2) is 15.1. The Balaban J connectivity index is 1.46. The first kappa shape index (κ1) is 29.9. The molecule has 1 aliphatic rings. The Kier molecular flexibility index (Phi) is 11.3. The Morgan fingerprint density at radius 2 is 1.25 bits per heavy atom. The molecule has 0 saturated carbocycles. The fourth-order valence-electron chi connectivity index (χ4n) is 5.53. The van der Waals surface area contributed by atoms with Gasteiger partial charge in [-0.1, -0.05) is 150 Å². The zero-order valence-corrected chi connectivity index (χ0v) is 24.2. The van der Waals surface area contributed by atoms with E-state index in [0.717, 1.165) is 42.6 Å². The normalized spacial score (nSPS) is 16.8. The summed E-state index contributed by atoms with van der Waals surface area (Å²) in [6.07, 6.45) is 18.4. The molecule has 1 aliphatic carbocycles. The average Bonchev–Trinajstić information content (AvgIpc) is 3.00. The van der Waals surface area contributed by atoms with Crippen molar-refractivity contribution in [2.75, 3.05) is 6.61 Å². The van der Waals surface area contributed by atoms with Gasteiger partial charge in [-0.3, -0.25) is 0 Å². The first-order chi connectivity index (χ1) is 19.6. The van der Waals surface area contributed by atoms with Crippen LogP contribution in [0.25, 0.3) is 27.8 Å². The smallest absolute Gasteiger partial charge is 0.167 e. The molecule has 40 heavy (non-hydrogen) atoms. The van der Waals surface area contributed by atoms with E-state index in [1.807, 2.05) is 66.7 Å². The van der Waals surface area contributed by atoms with Crippen LogP contribution >= 0.6 is 0 Å². The molecule has 0 fully saturated rings. The summed E-state index contributed by atoms with van der Waals surface area (Å²) in [6.45, 7) is 5.19. The number of hydrogen-bond donors (Lipinski definition) is 0. The minimum Gasteiger partial charge on any atom is -0.371 e. The van der Waals surface area contributed by atoms with E-state index in [1.165, 1.54) is 44.9 Å². The van der Waals surface area contributed by atoms with E-state index in [-0.39, 0.29) is 11.2 Å². The van der Waals surface area contributed by atoms with Gasteiger partial charge in [0.2, 0.25) is 0 Å².